The minimum atomic E-state index is -0.761. The molecule has 6 heteroatoms. The Morgan fingerprint density at radius 3 is 0.790 bits per heavy atom. The van der Waals surface area contributed by atoms with E-state index in [1.165, 1.54) is 212 Å². The molecule has 0 rings (SSSR count). The summed E-state index contributed by atoms with van der Waals surface area (Å²) in [6, 6.07) is 0. The fourth-order valence-electron chi connectivity index (χ4n) is 8.57. The highest BCUT2D eigenvalue weighted by atomic mass is 16.6. The number of rotatable bonds is 51. The summed E-state index contributed by atoms with van der Waals surface area (Å²) in [4.78, 5) is 38.0. The normalized spacial score (nSPS) is 12.0. The second-order valence-electron chi connectivity index (χ2n) is 19.7. The van der Waals surface area contributed by atoms with Crippen LogP contribution in [0.2, 0.25) is 0 Å². The van der Waals surface area contributed by atoms with Crippen LogP contribution in [-0.2, 0) is 28.6 Å². The zero-order valence-corrected chi connectivity index (χ0v) is 42.3. The van der Waals surface area contributed by atoms with Crippen molar-refractivity contribution in [2.24, 2.45) is 5.92 Å². The van der Waals surface area contributed by atoms with Gasteiger partial charge in [-0.3, -0.25) is 14.4 Å². The quantitative estimate of drug-likeness (QED) is 0.0344. The van der Waals surface area contributed by atoms with Crippen LogP contribution in [0.4, 0.5) is 0 Å². The van der Waals surface area contributed by atoms with Crippen molar-refractivity contribution in [1.82, 2.24) is 0 Å². The van der Waals surface area contributed by atoms with Crippen LogP contribution < -0.4 is 0 Å². The third-order valence-corrected chi connectivity index (χ3v) is 12.8. The van der Waals surface area contributed by atoms with Gasteiger partial charge in [0.15, 0.2) is 6.10 Å². The Labute approximate surface area is 387 Å². The number of ether oxygens (including phenoxy) is 3. The molecular weight excluding hydrogens is 769 g/mol. The lowest BCUT2D eigenvalue weighted by Crippen LogP contribution is -2.30. The summed E-state index contributed by atoms with van der Waals surface area (Å²) >= 11 is 0. The third kappa shape index (κ3) is 49.4. The van der Waals surface area contributed by atoms with Gasteiger partial charge in [-0.05, 0) is 25.2 Å². The van der Waals surface area contributed by atoms with Gasteiger partial charge in [-0.1, -0.05) is 278 Å². The summed E-state index contributed by atoms with van der Waals surface area (Å²) in [5, 5.41) is 0. The fourth-order valence-corrected chi connectivity index (χ4v) is 8.57. The van der Waals surface area contributed by atoms with Gasteiger partial charge in [0.25, 0.3) is 0 Å². The lowest BCUT2D eigenvalue weighted by molar-refractivity contribution is -0.167. The van der Waals surface area contributed by atoms with E-state index in [9.17, 15) is 14.4 Å². The smallest absolute Gasteiger partial charge is 0.306 e. The molecule has 0 bridgehead atoms. The van der Waals surface area contributed by atoms with Gasteiger partial charge in [0.1, 0.15) is 13.2 Å². The monoisotopic (exact) mass is 877 g/mol. The molecule has 0 saturated carbocycles. The van der Waals surface area contributed by atoms with Gasteiger partial charge in [-0.15, -0.1) is 0 Å². The zero-order valence-electron chi connectivity index (χ0n) is 42.3. The number of carbonyl (C=O) groups is 3. The Hall–Kier alpha value is -1.59. The maximum atomic E-state index is 12.8. The van der Waals surface area contributed by atoms with Crippen molar-refractivity contribution in [3.05, 3.63) is 0 Å². The van der Waals surface area contributed by atoms with Crippen molar-refractivity contribution in [2.75, 3.05) is 13.2 Å². The molecule has 0 aliphatic heterocycles. The number of carbonyl (C=O) groups excluding carboxylic acids is 3. The Kier molecular flexibility index (Phi) is 49.1. The van der Waals surface area contributed by atoms with Gasteiger partial charge in [0.2, 0.25) is 0 Å². The molecule has 62 heavy (non-hydrogen) atoms. The van der Waals surface area contributed by atoms with Crippen LogP contribution >= 0.6 is 0 Å². The van der Waals surface area contributed by atoms with E-state index in [0.717, 1.165) is 63.7 Å². The predicted molar refractivity (Wildman–Crippen MR) is 266 cm³/mol. The number of unbranched alkanes of at least 4 members (excludes halogenated alkanes) is 38. The Morgan fingerprint density at radius 1 is 0.306 bits per heavy atom. The summed E-state index contributed by atoms with van der Waals surface area (Å²) in [5.41, 5.74) is 0. The van der Waals surface area contributed by atoms with Gasteiger partial charge in [0.05, 0.1) is 0 Å². The Morgan fingerprint density at radius 2 is 0.532 bits per heavy atom. The van der Waals surface area contributed by atoms with Gasteiger partial charge in [-0.2, -0.15) is 0 Å². The first-order chi connectivity index (χ1) is 30.4. The molecule has 0 aliphatic rings. The molecule has 6 nitrogen and oxygen atoms in total. The highest BCUT2D eigenvalue weighted by Gasteiger charge is 2.19. The van der Waals surface area contributed by atoms with Gasteiger partial charge >= 0.3 is 17.9 Å². The molecule has 0 unspecified atom stereocenters. The molecule has 0 aromatic rings. The molecule has 0 spiro atoms. The SMILES string of the molecule is CCCCCCCCCCCCCCCCCCCCCC(=O)OC[C@@H](COC(=O)CCCCCCCCCCC(C)C)OC(=O)CCCCCCCCCCCCCCCC. The number of esters is 3. The second kappa shape index (κ2) is 50.4. The minimum absolute atomic E-state index is 0.0626. The maximum Gasteiger partial charge on any atom is 0.306 e. The number of hydrogen-bond donors (Lipinski definition) is 0. The van der Waals surface area contributed by atoms with E-state index >= 15 is 0 Å². The van der Waals surface area contributed by atoms with Crippen LogP contribution in [0.3, 0.4) is 0 Å². The Balaban J connectivity index is 4.25. The summed E-state index contributed by atoms with van der Waals surface area (Å²) in [7, 11) is 0. The standard InChI is InChI=1S/C56H108O6/c1-5-7-9-11-13-15-17-19-21-22-23-24-25-27-28-30-35-39-43-47-54(57)60-50-53(51-61-55(58)48-44-40-36-33-32-34-38-42-46-52(3)4)62-56(59)49-45-41-37-31-29-26-20-18-16-14-12-10-8-6-2/h52-53H,5-51H2,1-4H3/t53-/m0/s1. The van der Waals surface area contributed by atoms with E-state index in [1.807, 2.05) is 0 Å². The van der Waals surface area contributed by atoms with Crippen molar-refractivity contribution in [2.45, 2.75) is 323 Å². The number of hydrogen-bond acceptors (Lipinski definition) is 6. The molecule has 0 amide bonds. The van der Waals surface area contributed by atoms with Crippen molar-refractivity contribution in [3.8, 4) is 0 Å². The molecule has 0 radical (unpaired) electrons. The zero-order chi connectivity index (χ0) is 45.2. The van der Waals surface area contributed by atoms with E-state index in [4.69, 9.17) is 14.2 Å². The summed E-state index contributed by atoms with van der Waals surface area (Å²) < 4.78 is 16.8. The van der Waals surface area contributed by atoms with Crippen molar-refractivity contribution >= 4 is 17.9 Å². The van der Waals surface area contributed by atoms with Crippen LogP contribution in [0.5, 0.6) is 0 Å². The molecule has 0 fully saturated rings. The molecule has 0 aromatic carbocycles. The lowest BCUT2D eigenvalue weighted by Gasteiger charge is -2.18. The molecule has 0 aliphatic carbocycles. The first kappa shape index (κ1) is 60.4. The molecule has 1 atom stereocenters. The van der Waals surface area contributed by atoms with Gasteiger partial charge in [0, 0.05) is 19.3 Å². The summed E-state index contributed by atoms with van der Waals surface area (Å²) in [6.45, 7) is 9.01. The molecule has 0 heterocycles. The van der Waals surface area contributed by atoms with Crippen LogP contribution in [-0.4, -0.2) is 37.2 Å². The molecule has 0 saturated heterocycles. The minimum Gasteiger partial charge on any atom is -0.462 e. The van der Waals surface area contributed by atoms with Crippen LogP contribution in [0.25, 0.3) is 0 Å². The van der Waals surface area contributed by atoms with E-state index in [-0.39, 0.29) is 31.1 Å². The Bertz CT molecular complexity index is 933. The average Bonchev–Trinajstić information content (AvgIpc) is 3.26. The molecule has 0 N–H and O–H groups in total. The van der Waals surface area contributed by atoms with Gasteiger partial charge in [-0.25, -0.2) is 0 Å². The summed E-state index contributed by atoms with van der Waals surface area (Å²) in [5.74, 6) is -0.0450. The lowest BCUT2D eigenvalue weighted by atomic mass is 10.0. The highest BCUT2D eigenvalue weighted by Crippen LogP contribution is 2.18. The molecule has 368 valence electrons. The van der Waals surface area contributed by atoms with E-state index < -0.39 is 6.10 Å². The van der Waals surface area contributed by atoms with Crippen molar-refractivity contribution < 1.29 is 28.6 Å². The largest absolute Gasteiger partial charge is 0.462 e. The molecule has 0 aromatic heterocycles. The van der Waals surface area contributed by atoms with Gasteiger partial charge < -0.3 is 14.2 Å². The van der Waals surface area contributed by atoms with Crippen LogP contribution in [0.1, 0.15) is 317 Å². The second-order valence-corrected chi connectivity index (χ2v) is 19.7. The highest BCUT2D eigenvalue weighted by molar-refractivity contribution is 5.71. The van der Waals surface area contributed by atoms with Crippen LogP contribution in [0.15, 0.2) is 0 Å². The topological polar surface area (TPSA) is 78.9 Å². The first-order valence-corrected chi connectivity index (χ1v) is 27.9. The third-order valence-electron chi connectivity index (χ3n) is 12.8. The fraction of sp³-hybridized carbons (Fsp3) is 0.946. The summed E-state index contributed by atoms with van der Waals surface area (Å²) in [6.07, 6.45) is 53.8. The van der Waals surface area contributed by atoms with Crippen LogP contribution in [0, 0.1) is 5.92 Å². The van der Waals surface area contributed by atoms with Crippen molar-refractivity contribution in [3.63, 3.8) is 0 Å². The van der Waals surface area contributed by atoms with Crippen molar-refractivity contribution in [1.29, 1.82) is 0 Å². The molecular formula is C56H108O6. The average molecular weight is 877 g/mol. The predicted octanol–water partition coefficient (Wildman–Crippen LogP) is 18.2. The van der Waals surface area contributed by atoms with E-state index in [1.54, 1.807) is 0 Å². The maximum absolute atomic E-state index is 12.8. The van der Waals surface area contributed by atoms with E-state index in [2.05, 4.69) is 27.7 Å². The first-order valence-electron chi connectivity index (χ1n) is 27.9. The van der Waals surface area contributed by atoms with E-state index in [0.29, 0.717) is 19.3 Å².